The van der Waals surface area contributed by atoms with Gasteiger partial charge in [-0.05, 0) is 103 Å². The molecule has 0 aliphatic carbocycles. The normalized spacial score (nSPS) is 24.5. The van der Waals surface area contributed by atoms with E-state index in [9.17, 15) is 4.79 Å². The number of rotatable bonds is 8. The SMILES string of the molecule is COc1cc2c(cc1OC)C1CC(=O)C(CC(C)C)CN1CC2.COc1cc2c(cc1OC)C1CCC(CC(C)C)CN1CC2. The molecule has 248 valence electrons. The highest BCUT2D eigenvalue weighted by atomic mass is 16.5. The Morgan fingerprint density at radius 1 is 0.667 bits per heavy atom. The van der Waals surface area contributed by atoms with Crippen LogP contribution in [0.15, 0.2) is 24.3 Å². The Labute approximate surface area is 271 Å². The van der Waals surface area contributed by atoms with Gasteiger partial charge in [0.2, 0.25) is 0 Å². The zero-order valence-corrected chi connectivity index (χ0v) is 29.0. The van der Waals surface area contributed by atoms with Crippen LogP contribution < -0.4 is 18.9 Å². The first kappa shape index (κ1) is 33.6. The lowest BCUT2D eigenvalue weighted by atomic mass is 9.80. The monoisotopic (exact) mass is 620 g/mol. The second kappa shape index (κ2) is 14.8. The minimum Gasteiger partial charge on any atom is -0.493 e. The predicted octanol–water partition coefficient (Wildman–Crippen LogP) is 7.30. The molecule has 2 fully saturated rings. The molecule has 4 heterocycles. The fourth-order valence-corrected chi connectivity index (χ4v) is 8.37. The van der Waals surface area contributed by atoms with Crippen LogP contribution in [0.4, 0.5) is 0 Å². The van der Waals surface area contributed by atoms with Crippen molar-refractivity contribution in [2.75, 3.05) is 54.6 Å². The number of benzene rings is 2. The van der Waals surface area contributed by atoms with Gasteiger partial charge in [-0.2, -0.15) is 0 Å². The summed E-state index contributed by atoms with van der Waals surface area (Å²) < 4.78 is 21.8. The molecule has 2 aromatic rings. The van der Waals surface area contributed by atoms with Crippen LogP contribution in [0, 0.1) is 23.7 Å². The number of Topliss-reactive ketones (excluding diaryl/α,β-unsaturated/α-hetero) is 1. The summed E-state index contributed by atoms with van der Waals surface area (Å²) in [7, 11) is 6.77. The Morgan fingerprint density at radius 2 is 1.16 bits per heavy atom. The molecule has 7 nitrogen and oxygen atoms in total. The molecule has 0 N–H and O–H groups in total. The maximum absolute atomic E-state index is 12.6. The van der Waals surface area contributed by atoms with Crippen molar-refractivity contribution in [1.82, 2.24) is 9.80 Å². The summed E-state index contributed by atoms with van der Waals surface area (Å²) in [6.45, 7) is 13.4. The van der Waals surface area contributed by atoms with Gasteiger partial charge in [-0.3, -0.25) is 14.6 Å². The van der Waals surface area contributed by atoms with Crippen molar-refractivity contribution in [3.8, 4) is 23.0 Å². The third-order valence-corrected chi connectivity index (χ3v) is 10.4. The van der Waals surface area contributed by atoms with Gasteiger partial charge in [-0.15, -0.1) is 0 Å². The summed E-state index contributed by atoms with van der Waals surface area (Å²) in [5.74, 6) is 6.14. The van der Waals surface area contributed by atoms with E-state index in [0.717, 1.165) is 67.2 Å². The minimum atomic E-state index is 0.202. The maximum atomic E-state index is 12.6. The zero-order valence-electron chi connectivity index (χ0n) is 29.0. The van der Waals surface area contributed by atoms with Crippen molar-refractivity contribution >= 4 is 5.78 Å². The van der Waals surface area contributed by atoms with Gasteiger partial charge in [-0.1, -0.05) is 27.7 Å². The van der Waals surface area contributed by atoms with Gasteiger partial charge in [0.1, 0.15) is 5.78 Å². The number of methoxy groups -OCH3 is 4. The largest absolute Gasteiger partial charge is 0.493 e. The highest BCUT2D eigenvalue weighted by Crippen LogP contribution is 2.44. The zero-order chi connectivity index (χ0) is 32.2. The molecule has 6 rings (SSSR count). The Kier molecular flexibility index (Phi) is 11.0. The molecule has 4 aliphatic rings. The molecule has 7 heteroatoms. The first-order chi connectivity index (χ1) is 21.6. The second-order valence-electron chi connectivity index (χ2n) is 14.4. The summed E-state index contributed by atoms with van der Waals surface area (Å²) in [4.78, 5) is 17.8. The molecule has 4 atom stereocenters. The number of ketones is 1. The second-order valence-corrected chi connectivity index (χ2v) is 14.4. The number of ether oxygens (including phenoxy) is 4. The number of piperidine rings is 2. The minimum absolute atomic E-state index is 0.202. The molecule has 0 aromatic heterocycles. The van der Waals surface area contributed by atoms with E-state index >= 15 is 0 Å². The van der Waals surface area contributed by atoms with E-state index in [-0.39, 0.29) is 12.0 Å². The first-order valence-corrected chi connectivity index (χ1v) is 17.2. The summed E-state index contributed by atoms with van der Waals surface area (Å²) >= 11 is 0. The van der Waals surface area contributed by atoms with Crippen LogP contribution in [-0.4, -0.2) is 70.2 Å². The molecule has 0 saturated carbocycles. The molecule has 0 radical (unpaired) electrons. The molecule has 45 heavy (non-hydrogen) atoms. The van der Waals surface area contributed by atoms with Gasteiger partial charge >= 0.3 is 0 Å². The van der Waals surface area contributed by atoms with Gasteiger partial charge in [0.15, 0.2) is 23.0 Å². The van der Waals surface area contributed by atoms with E-state index in [4.69, 9.17) is 18.9 Å². The van der Waals surface area contributed by atoms with Crippen LogP contribution in [0.2, 0.25) is 0 Å². The molecule has 0 amide bonds. The van der Waals surface area contributed by atoms with Crippen molar-refractivity contribution in [3.63, 3.8) is 0 Å². The van der Waals surface area contributed by atoms with Crippen LogP contribution in [0.3, 0.4) is 0 Å². The van der Waals surface area contributed by atoms with Gasteiger partial charge in [0, 0.05) is 50.6 Å². The lowest BCUT2D eigenvalue weighted by Crippen LogP contribution is -2.46. The van der Waals surface area contributed by atoms with E-state index in [1.165, 1.54) is 54.6 Å². The number of carbonyl (C=O) groups is 1. The lowest BCUT2D eigenvalue weighted by Gasteiger charge is -2.44. The van der Waals surface area contributed by atoms with Crippen LogP contribution in [-0.2, 0) is 17.6 Å². The van der Waals surface area contributed by atoms with E-state index in [1.807, 2.05) is 0 Å². The van der Waals surface area contributed by atoms with Crippen molar-refractivity contribution in [2.24, 2.45) is 23.7 Å². The average molecular weight is 621 g/mol. The topological polar surface area (TPSA) is 60.5 Å². The Morgan fingerprint density at radius 3 is 1.67 bits per heavy atom. The molecule has 4 unspecified atom stereocenters. The molecule has 2 saturated heterocycles. The number of hydrogen-bond acceptors (Lipinski definition) is 7. The summed E-state index contributed by atoms with van der Waals surface area (Å²) in [6.07, 6.45) is 7.76. The van der Waals surface area contributed by atoms with Gasteiger partial charge in [-0.25, -0.2) is 0 Å². The van der Waals surface area contributed by atoms with E-state index in [2.05, 4.69) is 61.8 Å². The van der Waals surface area contributed by atoms with Gasteiger partial charge in [0.05, 0.1) is 28.4 Å². The Bertz CT molecular complexity index is 1320. The Hall–Kier alpha value is -2.77. The summed E-state index contributed by atoms with van der Waals surface area (Å²) in [5.41, 5.74) is 5.44. The molecule has 0 spiro atoms. The number of carbonyl (C=O) groups excluding carboxylic acids is 1. The molecule has 4 aliphatic heterocycles. The maximum Gasteiger partial charge on any atom is 0.161 e. The van der Waals surface area contributed by atoms with Crippen molar-refractivity contribution in [1.29, 1.82) is 0 Å². The average Bonchev–Trinajstić information content (AvgIpc) is 3.03. The van der Waals surface area contributed by atoms with Crippen molar-refractivity contribution in [2.45, 2.75) is 84.7 Å². The fraction of sp³-hybridized carbons (Fsp3) is 0.658. The van der Waals surface area contributed by atoms with Gasteiger partial charge < -0.3 is 18.9 Å². The van der Waals surface area contributed by atoms with Crippen LogP contribution in [0.5, 0.6) is 23.0 Å². The third-order valence-electron chi connectivity index (χ3n) is 10.4. The van der Waals surface area contributed by atoms with Crippen molar-refractivity contribution < 1.29 is 23.7 Å². The smallest absolute Gasteiger partial charge is 0.161 e. The Balaban J connectivity index is 0.000000178. The van der Waals surface area contributed by atoms with Gasteiger partial charge in [0.25, 0.3) is 0 Å². The fourth-order valence-electron chi connectivity index (χ4n) is 8.37. The van der Waals surface area contributed by atoms with Crippen LogP contribution in [0.25, 0.3) is 0 Å². The van der Waals surface area contributed by atoms with E-state index in [1.54, 1.807) is 28.4 Å². The summed E-state index contributed by atoms with van der Waals surface area (Å²) in [5, 5.41) is 0. The first-order valence-electron chi connectivity index (χ1n) is 17.2. The summed E-state index contributed by atoms with van der Waals surface area (Å²) in [6, 6.07) is 9.33. The highest BCUT2D eigenvalue weighted by Gasteiger charge is 2.39. The van der Waals surface area contributed by atoms with Crippen LogP contribution in [0.1, 0.15) is 94.1 Å². The lowest BCUT2D eigenvalue weighted by molar-refractivity contribution is -0.129. The molecular formula is C38H56N2O5. The third kappa shape index (κ3) is 7.46. The van der Waals surface area contributed by atoms with E-state index < -0.39 is 0 Å². The molecule has 2 aromatic carbocycles. The standard InChI is InChI=1S/C19H27NO3.C19H29NO2/c1-12(2)7-14-11-20-6-5-13-8-18(22-3)19(23-4)9-15(13)16(20)10-17(14)21;1-13(2)9-14-5-6-17-16-11-19(22-4)18(21-3)10-15(16)7-8-20(17)12-14/h8-9,12,14,16H,5-7,10-11H2,1-4H3;10-11,13-14,17H,5-9,12H2,1-4H3. The number of fused-ring (bicyclic) bond motifs is 6. The number of nitrogens with zero attached hydrogens (tertiary/aromatic N) is 2. The van der Waals surface area contributed by atoms with E-state index in [0.29, 0.717) is 24.2 Å². The van der Waals surface area contributed by atoms with Crippen molar-refractivity contribution in [3.05, 3.63) is 46.5 Å². The quantitative estimate of drug-likeness (QED) is 0.307. The van der Waals surface area contributed by atoms with Crippen LogP contribution >= 0.6 is 0 Å². The highest BCUT2D eigenvalue weighted by molar-refractivity contribution is 5.83. The molecular weight excluding hydrogens is 564 g/mol. The predicted molar refractivity (Wildman–Crippen MR) is 180 cm³/mol. The number of hydrogen-bond donors (Lipinski definition) is 0. The molecule has 0 bridgehead atoms.